The third-order valence-electron chi connectivity index (χ3n) is 2.81. The molecule has 1 N–H and O–H groups in total. The van der Waals surface area contributed by atoms with Crippen LogP contribution in [0.3, 0.4) is 0 Å². The predicted molar refractivity (Wildman–Crippen MR) is 68.6 cm³/mol. The first-order valence-corrected chi connectivity index (χ1v) is 5.96. The van der Waals surface area contributed by atoms with Crippen molar-refractivity contribution in [1.82, 2.24) is 15.1 Å². The second-order valence-electron chi connectivity index (χ2n) is 6.19. The largest absolute Gasteiger partial charge is 0.312 e. The molecule has 0 spiro atoms. The van der Waals surface area contributed by atoms with Crippen LogP contribution >= 0.6 is 0 Å². The van der Waals surface area contributed by atoms with Crippen molar-refractivity contribution in [2.45, 2.75) is 52.0 Å². The fourth-order valence-electron chi connectivity index (χ4n) is 1.65. The van der Waals surface area contributed by atoms with Crippen LogP contribution in [-0.2, 0) is 12.5 Å². The van der Waals surface area contributed by atoms with Crippen LogP contribution in [0, 0.1) is 0 Å². The first-order valence-electron chi connectivity index (χ1n) is 5.96. The Morgan fingerprint density at radius 3 is 2.31 bits per heavy atom. The molecule has 1 rings (SSSR count). The maximum atomic E-state index is 4.49. The topological polar surface area (TPSA) is 29.9 Å². The smallest absolute Gasteiger partial charge is 0.0681 e. The highest BCUT2D eigenvalue weighted by molar-refractivity contribution is 5.12. The molecule has 0 aliphatic heterocycles. The lowest BCUT2D eigenvalue weighted by Crippen LogP contribution is -2.38. The minimum absolute atomic E-state index is 0.138. The minimum Gasteiger partial charge on any atom is -0.312 e. The van der Waals surface area contributed by atoms with Gasteiger partial charge in [-0.3, -0.25) is 4.68 Å². The van der Waals surface area contributed by atoms with Crippen LogP contribution in [0.4, 0.5) is 0 Å². The normalized spacial score (nSPS) is 13.1. The van der Waals surface area contributed by atoms with Crippen LogP contribution in [0.5, 0.6) is 0 Å². The number of hydrogen-bond acceptors (Lipinski definition) is 2. The summed E-state index contributed by atoms with van der Waals surface area (Å²) >= 11 is 0. The summed E-state index contributed by atoms with van der Waals surface area (Å²) in [6.07, 6.45) is 3.11. The fraction of sp³-hybridized carbons (Fsp3) is 0.769. The molecule has 3 heteroatoms. The molecule has 0 fully saturated rings. The van der Waals surface area contributed by atoms with Gasteiger partial charge in [0.05, 0.1) is 5.69 Å². The van der Waals surface area contributed by atoms with E-state index in [4.69, 9.17) is 0 Å². The van der Waals surface area contributed by atoms with Crippen LogP contribution in [0.1, 0.15) is 46.7 Å². The minimum atomic E-state index is 0.138. The first kappa shape index (κ1) is 13.2. The summed E-state index contributed by atoms with van der Waals surface area (Å²) in [6, 6.07) is 2.11. The monoisotopic (exact) mass is 223 g/mol. The van der Waals surface area contributed by atoms with Crippen LogP contribution < -0.4 is 5.32 Å². The molecule has 0 radical (unpaired) electrons. The van der Waals surface area contributed by atoms with E-state index >= 15 is 0 Å². The van der Waals surface area contributed by atoms with Crippen LogP contribution in [0.2, 0.25) is 0 Å². The summed E-state index contributed by atoms with van der Waals surface area (Å²) in [5.74, 6) is 0. The summed E-state index contributed by atoms with van der Waals surface area (Å²) < 4.78 is 1.87. The average molecular weight is 223 g/mol. The Labute approximate surface area is 99.2 Å². The molecule has 0 saturated carbocycles. The summed E-state index contributed by atoms with van der Waals surface area (Å²) in [5, 5.41) is 8.01. The van der Waals surface area contributed by atoms with Crippen LogP contribution in [0.15, 0.2) is 12.3 Å². The molecule has 1 aromatic rings. The fourth-order valence-corrected chi connectivity index (χ4v) is 1.65. The van der Waals surface area contributed by atoms with E-state index in [0.717, 1.165) is 13.0 Å². The number of hydrogen-bond donors (Lipinski definition) is 1. The van der Waals surface area contributed by atoms with Crippen molar-refractivity contribution in [2.24, 2.45) is 7.05 Å². The summed E-state index contributed by atoms with van der Waals surface area (Å²) in [7, 11) is 1.97. The SMILES string of the molecule is Cn1ccc(C(C)(C)CCNC(C)(C)C)n1. The summed E-state index contributed by atoms with van der Waals surface area (Å²) in [5.41, 5.74) is 1.50. The highest BCUT2D eigenvalue weighted by Crippen LogP contribution is 2.24. The molecule has 16 heavy (non-hydrogen) atoms. The summed E-state index contributed by atoms with van der Waals surface area (Å²) in [6.45, 7) is 12.1. The number of nitrogens with one attached hydrogen (secondary N) is 1. The molecular formula is C13H25N3. The molecule has 0 atom stereocenters. The van der Waals surface area contributed by atoms with Gasteiger partial charge in [-0.25, -0.2) is 0 Å². The van der Waals surface area contributed by atoms with Crippen molar-refractivity contribution >= 4 is 0 Å². The van der Waals surface area contributed by atoms with Gasteiger partial charge in [0.15, 0.2) is 0 Å². The molecule has 0 amide bonds. The zero-order valence-corrected chi connectivity index (χ0v) is 11.5. The highest BCUT2D eigenvalue weighted by Gasteiger charge is 2.23. The zero-order chi connectivity index (χ0) is 12.4. The Morgan fingerprint density at radius 2 is 1.88 bits per heavy atom. The van der Waals surface area contributed by atoms with Crippen molar-refractivity contribution < 1.29 is 0 Å². The van der Waals surface area contributed by atoms with Crippen molar-refractivity contribution in [1.29, 1.82) is 0 Å². The molecular weight excluding hydrogens is 198 g/mol. The molecule has 3 nitrogen and oxygen atoms in total. The first-order chi connectivity index (χ1) is 7.21. The van der Waals surface area contributed by atoms with E-state index in [0.29, 0.717) is 0 Å². The van der Waals surface area contributed by atoms with E-state index < -0.39 is 0 Å². The third kappa shape index (κ3) is 3.97. The lowest BCUT2D eigenvalue weighted by Gasteiger charge is -2.26. The van der Waals surface area contributed by atoms with Gasteiger partial charge in [0.1, 0.15) is 0 Å². The van der Waals surface area contributed by atoms with Crippen LogP contribution in [0.25, 0.3) is 0 Å². The molecule has 0 unspecified atom stereocenters. The lowest BCUT2D eigenvalue weighted by atomic mass is 9.85. The van der Waals surface area contributed by atoms with Gasteiger partial charge in [-0.05, 0) is 39.8 Å². The Bertz CT molecular complexity index is 331. The molecule has 0 aromatic carbocycles. The van der Waals surface area contributed by atoms with Gasteiger partial charge in [-0.2, -0.15) is 5.10 Å². The van der Waals surface area contributed by atoms with E-state index in [-0.39, 0.29) is 11.0 Å². The van der Waals surface area contributed by atoms with Gasteiger partial charge in [-0.1, -0.05) is 13.8 Å². The third-order valence-corrected chi connectivity index (χ3v) is 2.81. The van der Waals surface area contributed by atoms with E-state index in [1.165, 1.54) is 5.69 Å². The van der Waals surface area contributed by atoms with Gasteiger partial charge < -0.3 is 5.32 Å². The van der Waals surface area contributed by atoms with Crippen molar-refractivity contribution in [2.75, 3.05) is 6.54 Å². The Hall–Kier alpha value is -0.830. The number of aromatic nitrogens is 2. The van der Waals surface area contributed by atoms with E-state index in [1.807, 2.05) is 17.9 Å². The van der Waals surface area contributed by atoms with Crippen molar-refractivity contribution in [3.8, 4) is 0 Å². The highest BCUT2D eigenvalue weighted by atomic mass is 15.2. The van der Waals surface area contributed by atoms with E-state index in [9.17, 15) is 0 Å². The van der Waals surface area contributed by atoms with Gasteiger partial charge in [0.25, 0.3) is 0 Å². The maximum absolute atomic E-state index is 4.49. The Kier molecular flexibility index (Phi) is 3.79. The van der Waals surface area contributed by atoms with E-state index in [1.54, 1.807) is 0 Å². The quantitative estimate of drug-likeness (QED) is 0.850. The molecule has 0 aliphatic rings. The van der Waals surface area contributed by atoms with Gasteiger partial charge in [-0.15, -0.1) is 0 Å². The van der Waals surface area contributed by atoms with Crippen molar-refractivity contribution in [3.63, 3.8) is 0 Å². The molecule has 0 saturated heterocycles. The molecule has 1 heterocycles. The molecule has 0 bridgehead atoms. The zero-order valence-electron chi connectivity index (χ0n) is 11.5. The number of nitrogens with zero attached hydrogens (tertiary/aromatic N) is 2. The Balaban J connectivity index is 2.52. The standard InChI is InChI=1S/C13H25N3/c1-12(2,3)14-9-8-13(4,5)11-7-10-16(6)15-11/h7,10,14H,8-9H2,1-6H3. The summed E-state index contributed by atoms with van der Waals surface area (Å²) in [4.78, 5) is 0. The lowest BCUT2D eigenvalue weighted by molar-refractivity contribution is 0.374. The second-order valence-corrected chi connectivity index (χ2v) is 6.19. The van der Waals surface area contributed by atoms with Gasteiger partial charge >= 0.3 is 0 Å². The van der Waals surface area contributed by atoms with E-state index in [2.05, 4.69) is 51.1 Å². The average Bonchev–Trinajstić information content (AvgIpc) is 2.49. The second kappa shape index (κ2) is 4.58. The molecule has 1 aromatic heterocycles. The van der Waals surface area contributed by atoms with Crippen molar-refractivity contribution in [3.05, 3.63) is 18.0 Å². The van der Waals surface area contributed by atoms with Gasteiger partial charge in [0, 0.05) is 24.2 Å². The van der Waals surface area contributed by atoms with Gasteiger partial charge in [0.2, 0.25) is 0 Å². The number of aryl methyl sites for hydroxylation is 1. The van der Waals surface area contributed by atoms with Crippen LogP contribution in [-0.4, -0.2) is 21.9 Å². The predicted octanol–water partition coefficient (Wildman–Crippen LogP) is 2.48. The number of rotatable bonds is 4. The Morgan fingerprint density at radius 1 is 1.25 bits per heavy atom. The maximum Gasteiger partial charge on any atom is 0.0681 e. The molecule has 0 aliphatic carbocycles. The molecule has 92 valence electrons.